The molecule has 5 heteroatoms. The molecule has 0 radical (unpaired) electrons. The Hall–Kier alpha value is -1.26. The van der Waals surface area contributed by atoms with Crippen LogP contribution in [0.3, 0.4) is 0 Å². The lowest BCUT2D eigenvalue weighted by molar-refractivity contribution is -0.114. The van der Waals surface area contributed by atoms with Gasteiger partial charge in [-0.25, -0.2) is 0 Å². The van der Waals surface area contributed by atoms with Gasteiger partial charge in [0.1, 0.15) is 0 Å². The number of nitrogens with one attached hydrogen (secondary N) is 2. The van der Waals surface area contributed by atoms with E-state index >= 15 is 0 Å². The van der Waals surface area contributed by atoms with Crippen LogP contribution in [0.25, 0.3) is 0 Å². The molecule has 0 saturated carbocycles. The predicted octanol–water partition coefficient (Wildman–Crippen LogP) is 3.92. The van der Waals surface area contributed by atoms with Crippen LogP contribution in [0.5, 0.6) is 0 Å². The van der Waals surface area contributed by atoms with E-state index in [0.29, 0.717) is 6.54 Å². The molecule has 0 aromatic heterocycles. The molecule has 134 valence electrons. The Morgan fingerprint density at radius 2 is 1.96 bits per heavy atom. The number of alkyl halides is 1. The third-order valence-corrected chi connectivity index (χ3v) is 5.24. The molecule has 0 bridgehead atoms. The molecular weight excluding hydrogens is 324 g/mol. The molecule has 1 aliphatic rings. The van der Waals surface area contributed by atoms with Crippen LogP contribution >= 0.6 is 11.6 Å². The number of anilines is 2. The van der Waals surface area contributed by atoms with Gasteiger partial charge in [0.25, 0.3) is 0 Å². The Bertz CT molecular complexity index is 653. The van der Waals surface area contributed by atoms with Crippen molar-refractivity contribution >= 4 is 28.9 Å². The van der Waals surface area contributed by atoms with Crippen LogP contribution in [0.2, 0.25) is 0 Å². The van der Waals surface area contributed by atoms with Crippen molar-refractivity contribution < 1.29 is 9.90 Å². The van der Waals surface area contributed by atoms with Crippen LogP contribution in [0.1, 0.15) is 57.7 Å². The minimum absolute atomic E-state index is 0.0204. The number of fused-ring (bicyclic) bond motifs is 1. The average molecular weight is 353 g/mol. The van der Waals surface area contributed by atoms with Crippen LogP contribution < -0.4 is 10.6 Å². The molecule has 0 saturated heterocycles. The maximum absolute atomic E-state index is 11.6. The maximum atomic E-state index is 11.6. The number of carbonyl (C=O) groups is 1. The van der Waals surface area contributed by atoms with Crippen LogP contribution in [0.15, 0.2) is 6.07 Å². The predicted molar refractivity (Wildman–Crippen MR) is 101 cm³/mol. The summed E-state index contributed by atoms with van der Waals surface area (Å²) in [4.78, 5) is 11.6. The van der Waals surface area contributed by atoms with Crippen molar-refractivity contribution in [3.05, 3.63) is 22.8 Å². The number of aliphatic hydroxyl groups excluding tert-OH is 1. The van der Waals surface area contributed by atoms with E-state index < -0.39 is 6.10 Å². The van der Waals surface area contributed by atoms with Crippen molar-refractivity contribution in [1.29, 1.82) is 0 Å². The minimum atomic E-state index is -0.608. The van der Waals surface area contributed by atoms with Crippen LogP contribution in [-0.4, -0.2) is 29.5 Å². The maximum Gasteiger partial charge on any atom is 0.221 e. The van der Waals surface area contributed by atoms with Crippen molar-refractivity contribution in [3.8, 4) is 0 Å². The van der Waals surface area contributed by atoms with Gasteiger partial charge >= 0.3 is 0 Å². The van der Waals surface area contributed by atoms with E-state index in [2.05, 4.69) is 44.4 Å². The van der Waals surface area contributed by atoms with Crippen molar-refractivity contribution in [2.45, 2.75) is 64.9 Å². The second-order valence-corrected chi connectivity index (χ2v) is 8.47. The monoisotopic (exact) mass is 352 g/mol. The minimum Gasteiger partial charge on any atom is -0.390 e. The van der Waals surface area contributed by atoms with Crippen LogP contribution in [0.4, 0.5) is 11.4 Å². The summed E-state index contributed by atoms with van der Waals surface area (Å²) in [6.07, 6.45) is 0.425. The quantitative estimate of drug-likeness (QED) is 0.704. The fourth-order valence-corrected chi connectivity index (χ4v) is 4.23. The second kappa shape index (κ2) is 6.57. The van der Waals surface area contributed by atoms with Gasteiger partial charge in [0, 0.05) is 24.8 Å². The largest absolute Gasteiger partial charge is 0.390 e. The number of amides is 1. The zero-order chi connectivity index (χ0) is 18.3. The van der Waals surface area contributed by atoms with Gasteiger partial charge in [-0.2, -0.15) is 0 Å². The summed E-state index contributed by atoms with van der Waals surface area (Å²) in [6, 6.07) is 2.12. The molecule has 1 aromatic carbocycles. The molecule has 0 spiro atoms. The highest BCUT2D eigenvalue weighted by Crippen LogP contribution is 2.54. The molecule has 2 rings (SSSR count). The molecule has 1 unspecified atom stereocenters. The molecule has 24 heavy (non-hydrogen) atoms. The van der Waals surface area contributed by atoms with E-state index in [1.165, 1.54) is 18.1 Å². The van der Waals surface area contributed by atoms with Gasteiger partial charge in [0.15, 0.2) is 0 Å². The standard InChI is InChI=1S/C19H29ClN2O2/c1-11-15(22-12(2)23)7-14-16(17(11)21-9-13(24)8-20)19(5,6)10-18(14,3)4/h7,13,21,24H,8-10H2,1-6H3,(H,22,23). The molecule has 0 fully saturated rings. The van der Waals surface area contributed by atoms with E-state index in [4.69, 9.17) is 11.6 Å². The smallest absolute Gasteiger partial charge is 0.221 e. The summed E-state index contributed by atoms with van der Waals surface area (Å²) >= 11 is 5.73. The molecule has 4 nitrogen and oxygen atoms in total. The molecule has 1 aliphatic carbocycles. The highest BCUT2D eigenvalue weighted by molar-refractivity contribution is 6.18. The van der Waals surface area contributed by atoms with Gasteiger partial charge in [0.05, 0.1) is 12.0 Å². The lowest BCUT2D eigenvalue weighted by atomic mass is 9.81. The normalized spacial score (nSPS) is 18.8. The van der Waals surface area contributed by atoms with E-state index in [0.717, 1.165) is 23.4 Å². The zero-order valence-corrected chi connectivity index (χ0v) is 16.3. The SMILES string of the molecule is CC(=O)Nc1cc2c(c(NCC(O)CCl)c1C)C(C)(C)CC2(C)C. The fraction of sp³-hybridized carbons (Fsp3) is 0.632. The van der Waals surface area contributed by atoms with Gasteiger partial charge in [-0.05, 0) is 46.9 Å². The number of aliphatic hydroxyl groups is 1. The summed E-state index contributed by atoms with van der Waals surface area (Å²) in [5.74, 6) is 0.106. The van der Waals surface area contributed by atoms with Crippen LogP contribution in [-0.2, 0) is 15.6 Å². The highest BCUT2D eigenvalue weighted by atomic mass is 35.5. The number of hydrogen-bond donors (Lipinski definition) is 3. The first kappa shape index (κ1) is 19.1. The highest BCUT2D eigenvalue weighted by Gasteiger charge is 2.44. The van der Waals surface area contributed by atoms with Crippen molar-refractivity contribution in [1.82, 2.24) is 0 Å². The lowest BCUT2D eigenvalue weighted by Crippen LogP contribution is -2.24. The van der Waals surface area contributed by atoms with Crippen molar-refractivity contribution in [3.63, 3.8) is 0 Å². The number of benzene rings is 1. The van der Waals surface area contributed by atoms with E-state index in [1.807, 2.05) is 6.92 Å². The first-order valence-electron chi connectivity index (χ1n) is 8.43. The van der Waals surface area contributed by atoms with E-state index in [-0.39, 0.29) is 22.6 Å². The average Bonchev–Trinajstić information content (AvgIpc) is 2.63. The summed E-state index contributed by atoms with van der Waals surface area (Å²) in [5, 5.41) is 16.2. The Morgan fingerprint density at radius 3 is 2.50 bits per heavy atom. The van der Waals surface area contributed by atoms with Gasteiger partial charge in [0.2, 0.25) is 5.91 Å². The first-order chi connectivity index (χ1) is 11.0. The van der Waals surface area contributed by atoms with Gasteiger partial charge in [-0.3, -0.25) is 4.79 Å². The van der Waals surface area contributed by atoms with Crippen LogP contribution in [0, 0.1) is 6.92 Å². The molecule has 0 aliphatic heterocycles. The van der Waals surface area contributed by atoms with E-state index in [9.17, 15) is 9.90 Å². The van der Waals surface area contributed by atoms with Crippen molar-refractivity contribution in [2.75, 3.05) is 23.1 Å². The van der Waals surface area contributed by atoms with Gasteiger partial charge in [-0.15, -0.1) is 11.6 Å². The number of halogens is 1. The lowest BCUT2D eigenvalue weighted by Gasteiger charge is -2.26. The third-order valence-electron chi connectivity index (χ3n) is 4.88. The molecule has 1 amide bonds. The molecule has 0 heterocycles. The Morgan fingerprint density at radius 1 is 1.33 bits per heavy atom. The third kappa shape index (κ3) is 3.55. The number of hydrogen-bond acceptors (Lipinski definition) is 3. The zero-order valence-electron chi connectivity index (χ0n) is 15.5. The number of rotatable bonds is 5. The second-order valence-electron chi connectivity index (χ2n) is 8.16. The Labute approximate surface area is 150 Å². The molecule has 3 N–H and O–H groups in total. The topological polar surface area (TPSA) is 61.4 Å². The van der Waals surface area contributed by atoms with Gasteiger partial charge in [-0.1, -0.05) is 27.7 Å². The fourth-order valence-electron chi connectivity index (χ4n) is 4.12. The summed E-state index contributed by atoms with van der Waals surface area (Å²) in [7, 11) is 0. The molecule has 1 aromatic rings. The molecule has 1 atom stereocenters. The molecular formula is C19H29ClN2O2. The Kier molecular flexibility index (Phi) is 5.22. The summed E-state index contributed by atoms with van der Waals surface area (Å²) in [6.45, 7) is 12.9. The first-order valence-corrected chi connectivity index (χ1v) is 8.97. The van der Waals surface area contributed by atoms with Crippen molar-refractivity contribution in [2.24, 2.45) is 0 Å². The van der Waals surface area contributed by atoms with Gasteiger partial charge < -0.3 is 15.7 Å². The summed E-state index contributed by atoms with van der Waals surface area (Å²) < 4.78 is 0. The summed E-state index contributed by atoms with van der Waals surface area (Å²) in [5.41, 5.74) is 5.42. The number of carbonyl (C=O) groups excluding carboxylic acids is 1. The van der Waals surface area contributed by atoms with E-state index in [1.54, 1.807) is 0 Å². The Balaban J connectivity index is 2.61.